The molecule has 0 saturated carbocycles. The van der Waals surface area contributed by atoms with Crippen LogP contribution in [0, 0.1) is 0 Å². The molecule has 1 aromatic carbocycles. The van der Waals surface area contributed by atoms with Crippen molar-refractivity contribution in [3.63, 3.8) is 0 Å². The molecule has 0 aliphatic carbocycles. The number of fused-ring (bicyclic) bond motifs is 1. The summed E-state index contributed by atoms with van der Waals surface area (Å²) in [5.41, 5.74) is 5.07. The number of unbranched alkanes of at least 4 members (excludes halogenated alkanes) is 1. The van der Waals surface area contributed by atoms with Crippen molar-refractivity contribution < 1.29 is 0 Å². The topological polar surface area (TPSA) is 41.9 Å². The molecule has 0 bridgehead atoms. The van der Waals surface area contributed by atoms with Crippen LogP contribution in [0.4, 0.5) is 0 Å². The van der Waals surface area contributed by atoms with E-state index in [9.17, 15) is 0 Å². The minimum atomic E-state index is 0.626. The van der Waals surface area contributed by atoms with Gasteiger partial charge in [-0.1, -0.05) is 25.5 Å². The van der Waals surface area contributed by atoms with Gasteiger partial charge < -0.3 is 5.32 Å². The van der Waals surface area contributed by atoms with E-state index in [0.717, 1.165) is 30.4 Å². The molecule has 0 aliphatic heterocycles. The first kappa shape index (κ1) is 11.9. The number of benzene rings is 1. The van der Waals surface area contributed by atoms with E-state index in [4.69, 9.17) is 12.2 Å². The lowest BCUT2D eigenvalue weighted by atomic mass is 10.3. The minimum absolute atomic E-state index is 0.626. The number of thiocarbonyl (C=S) groups is 1. The molecule has 5 heteroatoms. The molecule has 0 saturated heterocycles. The third-order valence-corrected chi connectivity index (χ3v) is 2.73. The fourth-order valence-electron chi connectivity index (χ4n) is 1.58. The van der Waals surface area contributed by atoms with Crippen LogP contribution in [0.15, 0.2) is 30.6 Å². The van der Waals surface area contributed by atoms with E-state index >= 15 is 0 Å². The van der Waals surface area contributed by atoms with Crippen LogP contribution >= 0.6 is 12.2 Å². The number of hydrogen-bond acceptors (Lipinski definition) is 2. The summed E-state index contributed by atoms with van der Waals surface area (Å²) in [5.74, 6) is 0. The number of rotatable bonds is 4. The van der Waals surface area contributed by atoms with Crippen molar-refractivity contribution in [3.05, 3.63) is 30.6 Å². The SMILES string of the molecule is CCCCNC(=S)Nn1cnc2ccccc21. The van der Waals surface area contributed by atoms with Gasteiger partial charge in [-0.3, -0.25) is 5.43 Å². The molecule has 2 rings (SSSR count). The largest absolute Gasteiger partial charge is 0.361 e. The van der Waals surface area contributed by atoms with E-state index in [2.05, 4.69) is 22.7 Å². The normalized spacial score (nSPS) is 10.4. The van der Waals surface area contributed by atoms with Crippen LogP contribution in [0.2, 0.25) is 0 Å². The summed E-state index contributed by atoms with van der Waals surface area (Å²) in [6.45, 7) is 3.05. The summed E-state index contributed by atoms with van der Waals surface area (Å²) in [6, 6.07) is 7.93. The Kier molecular flexibility index (Phi) is 3.93. The van der Waals surface area contributed by atoms with Gasteiger partial charge in [0.15, 0.2) is 5.11 Å². The highest BCUT2D eigenvalue weighted by atomic mass is 32.1. The predicted octanol–water partition coefficient (Wildman–Crippen LogP) is 2.25. The number of hydrogen-bond donors (Lipinski definition) is 2. The van der Waals surface area contributed by atoms with Crippen molar-refractivity contribution in [2.45, 2.75) is 19.8 Å². The summed E-state index contributed by atoms with van der Waals surface area (Å²) in [5, 5.41) is 3.78. The average molecular weight is 248 g/mol. The Morgan fingerprint density at radius 2 is 2.24 bits per heavy atom. The Morgan fingerprint density at radius 3 is 3.06 bits per heavy atom. The van der Waals surface area contributed by atoms with Crippen LogP contribution in [-0.4, -0.2) is 21.3 Å². The number of imidazole rings is 1. The Balaban J connectivity index is 2.01. The highest BCUT2D eigenvalue weighted by Gasteiger charge is 2.02. The molecule has 0 aliphatic rings. The Bertz CT molecular complexity index is 506. The van der Waals surface area contributed by atoms with E-state index in [-0.39, 0.29) is 0 Å². The van der Waals surface area contributed by atoms with Gasteiger partial charge in [0.05, 0.1) is 11.0 Å². The zero-order chi connectivity index (χ0) is 12.1. The first-order valence-corrected chi connectivity index (χ1v) is 6.19. The third kappa shape index (κ3) is 2.94. The molecule has 1 heterocycles. The molecule has 0 spiro atoms. The molecule has 0 unspecified atom stereocenters. The maximum Gasteiger partial charge on any atom is 0.185 e. The van der Waals surface area contributed by atoms with Crippen LogP contribution in [0.5, 0.6) is 0 Å². The van der Waals surface area contributed by atoms with Crippen molar-refractivity contribution >= 4 is 28.4 Å². The molecular formula is C12H16N4S. The zero-order valence-electron chi connectivity index (χ0n) is 9.81. The first-order chi connectivity index (χ1) is 8.31. The maximum atomic E-state index is 5.21. The second-order valence-corrected chi connectivity index (χ2v) is 4.23. The quantitative estimate of drug-likeness (QED) is 0.643. The molecular weight excluding hydrogens is 232 g/mol. The molecule has 17 heavy (non-hydrogen) atoms. The van der Waals surface area contributed by atoms with E-state index in [0.29, 0.717) is 5.11 Å². The second kappa shape index (κ2) is 5.63. The van der Waals surface area contributed by atoms with Crippen LogP contribution < -0.4 is 10.7 Å². The Morgan fingerprint density at radius 1 is 1.41 bits per heavy atom. The number of nitrogens with zero attached hydrogens (tertiary/aromatic N) is 2. The first-order valence-electron chi connectivity index (χ1n) is 5.78. The standard InChI is InChI=1S/C12H16N4S/c1-2-3-8-13-12(17)15-16-9-14-10-6-4-5-7-11(10)16/h4-7,9H,2-3,8H2,1H3,(H2,13,15,17). The van der Waals surface area contributed by atoms with Crippen molar-refractivity contribution in [1.29, 1.82) is 0 Å². The highest BCUT2D eigenvalue weighted by molar-refractivity contribution is 7.80. The summed E-state index contributed by atoms with van der Waals surface area (Å²) >= 11 is 5.21. The van der Waals surface area contributed by atoms with E-state index in [1.165, 1.54) is 0 Å². The fourth-order valence-corrected chi connectivity index (χ4v) is 1.78. The van der Waals surface area contributed by atoms with Gasteiger partial charge in [0.2, 0.25) is 0 Å². The Hall–Kier alpha value is -1.62. The lowest BCUT2D eigenvalue weighted by molar-refractivity contribution is 0.753. The predicted molar refractivity (Wildman–Crippen MR) is 74.6 cm³/mol. The van der Waals surface area contributed by atoms with Gasteiger partial charge in [-0.25, -0.2) is 9.66 Å². The molecule has 90 valence electrons. The number of aromatic nitrogens is 2. The van der Waals surface area contributed by atoms with E-state index in [1.807, 2.05) is 28.9 Å². The smallest absolute Gasteiger partial charge is 0.185 e. The molecule has 0 fully saturated rings. The molecule has 0 atom stereocenters. The zero-order valence-corrected chi connectivity index (χ0v) is 10.6. The monoisotopic (exact) mass is 248 g/mol. The summed E-state index contributed by atoms with van der Waals surface area (Å²) < 4.78 is 1.83. The van der Waals surface area contributed by atoms with Crippen LogP contribution in [-0.2, 0) is 0 Å². The Labute approximate surface area is 106 Å². The van der Waals surface area contributed by atoms with E-state index < -0.39 is 0 Å². The molecule has 0 radical (unpaired) electrons. The van der Waals surface area contributed by atoms with Crippen molar-refractivity contribution in [3.8, 4) is 0 Å². The molecule has 0 amide bonds. The van der Waals surface area contributed by atoms with E-state index in [1.54, 1.807) is 6.33 Å². The van der Waals surface area contributed by atoms with Crippen LogP contribution in [0.25, 0.3) is 11.0 Å². The van der Waals surface area contributed by atoms with Gasteiger partial charge in [0.1, 0.15) is 6.33 Å². The van der Waals surface area contributed by atoms with Crippen molar-refractivity contribution in [2.75, 3.05) is 12.0 Å². The van der Waals surface area contributed by atoms with Gasteiger partial charge in [-0.15, -0.1) is 0 Å². The molecule has 4 nitrogen and oxygen atoms in total. The molecule has 2 N–H and O–H groups in total. The lowest BCUT2D eigenvalue weighted by Gasteiger charge is -2.11. The third-order valence-electron chi connectivity index (χ3n) is 2.49. The minimum Gasteiger partial charge on any atom is -0.361 e. The molecule has 1 aromatic heterocycles. The highest BCUT2D eigenvalue weighted by Crippen LogP contribution is 2.09. The molecule has 2 aromatic rings. The lowest BCUT2D eigenvalue weighted by Crippen LogP contribution is -2.34. The fraction of sp³-hybridized carbons (Fsp3) is 0.333. The van der Waals surface area contributed by atoms with Crippen LogP contribution in [0.3, 0.4) is 0 Å². The van der Waals surface area contributed by atoms with Crippen LogP contribution in [0.1, 0.15) is 19.8 Å². The average Bonchev–Trinajstić information content (AvgIpc) is 2.73. The second-order valence-electron chi connectivity index (χ2n) is 3.82. The van der Waals surface area contributed by atoms with Gasteiger partial charge in [-0.05, 0) is 30.8 Å². The maximum absolute atomic E-state index is 5.21. The van der Waals surface area contributed by atoms with Crippen molar-refractivity contribution in [1.82, 2.24) is 15.0 Å². The van der Waals surface area contributed by atoms with Gasteiger partial charge in [0, 0.05) is 6.54 Å². The van der Waals surface area contributed by atoms with Gasteiger partial charge in [-0.2, -0.15) is 0 Å². The number of nitrogens with one attached hydrogen (secondary N) is 2. The van der Waals surface area contributed by atoms with Gasteiger partial charge >= 0.3 is 0 Å². The van der Waals surface area contributed by atoms with Crippen molar-refractivity contribution in [2.24, 2.45) is 0 Å². The number of para-hydroxylation sites is 2. The van der Waals surface area contributed by atoms with Gasteiger partial charge in [0.25, 0.3) is 0 Å². The summed E-state index contributed by atoms with van der Waals surface area (Å²) in [4.78, 5) is 4.28. The summed E-state index contributed by atoms with van der Waals surface area (Å²) in [7, 11) is 0. The summed E-state index contributed by atoms with van der Waals surface area (Å²) in [6.07, 6.45) is 4.01.